The summed E-state index contributed by atoms with van der Waals surface area (Å²) in [7, 11) is 4.18. The van der Waals surface area contributed by atoms with Crippen LogP contribution in [-0.4, -0.2) is 25.6 Å². The molecule has 1 fully saturated rings. The van der Waals surface area contributed by atoms with Crippen LogP contribution >= 0.6 is 11.3 Å². The van der Waals surface area contributed by atoms with Gasteiger partial charge >= 0.3 is 0 Å². The minimum atomic E-state index is 0.922. The van der Waals surface area contributed by atoms with E-state index >= 15 is 0 Å². The zero-order valence-corrected chi connectivity index (χ0v) is 11.9. The SMILES string of the molecule is CCCc1nc(N(C)CC2CC2)sc1CNC. The standard InChI is InChI=1S/C13H23N3S/c1-4-5-11-12(8-14-2)17-13(15-11)16(3)9-10-6-7-10/h10,14H,4-9H2,1-3H3. The lowest BCUT2D eigenvalue weighted by atomic mass is 10.2. The Bertz CT molecular complexity index is 334. The third-order valence-electron chi connectivity index (χ3n) is 3.15. The summed E-state index contributed by atoms with van der Waals surface area (Å²) in [6.07, 6.45) is 5.08. The smallest absolute Gasteiger partial charge is 0.185 e. The predicted molar refractivity (Wildman–Crippen MR) is 74.9 cm³/mol. The Kier molecular flexibility index (Phi) is 4.40. The minimum absolute atomic E-state index is 0.922. The predicted octanol–water partition coefficient (Wildman–Crippen LogP) is 2.66. The Balaban J connectivity index is 2.07. The van der Waals surface area contributed by atoms with E-state index in [2.05, 4.69) is 24.2 Å². The molecule has 2 rings (SSSR count). The second-order valence-corrected chi connectivity index (χ2v) is 6.03. The average molecular weight is 253 g/mol. The van der Waals surface area contributed by atoms with E-state index in [1.807, 2.05) is 18.4 Å². The molecule has 0 aliphatic heterocycles. The maximum absolute atomic E-state index is 4.80. The van der Waals surface area contributed by atoms with Gasteiger partial charge in [-0.2, -0.15) is 0 Å². The Morgan fingerprint density at radius 1 is 1.47 bits per heavy atom. The fourth-order valence-corrected chi connectivity index (χ4v) is 3.12. The quantitative estimate of drug-likeness (QED) is 0.810. The molecule has 0 saturated heterocycles. The molecule has 1 aliphatic carbocycles. The van der Waals surface area contributed by atoms with Gasteiger partial charge < -0.3 is 10.2 Å². The summed E-state index contributed by atoms with van der Waals surface area (Å²) in [5, 5.41) is 4.44. The molecule has 0 amide bonds. The van der Waals surface area contributed by atoms with Gasteiger partial charge in [-0.15, -0.1) is 11.3 Å². The van der Waals surface area contributed by atoms with Crippen molar-refractivity contribution in [1.82, 2.24) is 10.3 Å². The van der Waals surface area contributed by atoms with E-state index in [1.165, 1.54) is 41.5 Å². The molecule has 0 atom stereocenters. The molecule has 1 N–H and O–H groups in total. The second-order valence-electron chi connectivity index (χ2n) is 4.97. The van der Waals surface area contributed by atoms with Crippen LogP contribution in [0.5, 0.6) is 0 Å². The molecule has 0 bridgehead atoms. The molecular weight excluding hydrogens is 230 g/mol. The van der Waals surface area contributed by atoms with Crippen molar-refractivity contribution < 1.29 is 0 Å². The molecule has 0 aromatic carbocycles. The largest absolute Gasteiger partial charge is 0.351 e. The van der Waals surface area contributed by atoms with Crippen molar-refractivity contribution in [2.24, 2.45) is 5.92 Å². The van der Waals surface area contributed by atoms with Crippen LogP contribution in [0, 0.1) is 5.92 Å². The van der Waals surface area contributed by atoms with Crippen molar-refractivity contribution in [3.8, 4) is 0 Å². The highest BCUT2D eigenvalue weighted by molar-refractivity contribution is 7.15. The highest BCUT2D eigenvalue weighted by Gasteiger charge is 2.24. The zero-order valence-electron chi connectivity index (χ0n) is 11.1. The van der Waals surface area contributed by atoms with Gasteiger partial charge in [-0.25, -0.2) is 4.98 Å². The summed E-state index contributed by atoms with van der Waals surface area (Å²) in [5.74, 6) is 0.922. The van der Waals surface area contributed by atoms with Gasteiger partial charge in [0.25, 0.3) is 0 Å². The monoisotopic (exact) mass is 253 g/mol. The topological polar surface area (TPSA) is 28.2 Å². The first-order valence-electron chi connectivity index (χ1n) is 6.59. The number of hydrogen-bond acceptors (Lipinski definition) is 4. The summed E-state index contributed by atoms with van der Waals surface area (Å²) in [6, 6.07) is 0. The fraction of sp³-hybridized carbons (Fsp3) is 0.769. The van der Waals surface area contributed by atoms with Crippen LogP contribution in [0.15, 0.2) is 0 Å². The van der Waals surface area contributed by atoms with Crippen LogP contribution in [0.25, 0.3) is 0 Å². The average Bonchev–Trinajstić information content (AvgIpc) is 3.02. The van der Waals surface area contributed by atoms with Crippen LogP contribution in [0.3, 0.4) is 0 Å². The molecule has 96 valence electrons. The lowest BCUT2D eigenvalue weighted by Gasteiger charge is -2.14. The Labute approximate surface area is 108 Å². The van der Waals surface area contributed by atoms with Crippen molar-refractivity contribution in [2.45, 2.75) is 39.2 Å². The third kappa shape index (κ3) is 3.42. The number of thiazole rings is 1. The maximum Gasteiger partial charge on any atom is 0.185 e. The summed E-state index contributed by atoms with van der Waals surface area (Å²) in [4.78, 5) is 8.55. The number of nitrogens with zero attached hydrogens (tertiary/aromatic N) is 2. The van der Waals surface area contributed by atoms with Gasteiger partial charge in [0, 0.05) is 25.0 Å². The molecule has 0 spiro atoms. The van der Waals surface area contributed by atoms with Crippen molar-refractivity contribution >= 4 is 16.5 Å². The van der Waals surface area contributed by atoms with Crippen LogP contribution in [0.1, 0.15) is 36.8 Å². The van der Waals surface area contributed by atoms with Crippen molar-refractivity contribution in [2.75, 3.05) is 25.5 Å². The molecule has 1 saturated carbocycles. The molecule has 1 aromatic rings. The van der Waals surface area contributed by atoms with Crippen LogP contribution < -0.4 is 10.2 Å². The van der Waals surface area contributed by atoms with Crippen molar-refractivity contribution in [1.29, 1.82) is 0 Å². The summed E-state index contributed by atoms with van der Waals surface area (Å²) < 4.78 is 0. The number of hydrogen-bond donors (Lipinski definition) is 1. The molecule has 17 heavy (non-hydrogen) atoms. The molecular formula is C13H23N3S. The molecule has 0 radical (unpaired) electrons. The summed E-state index contributed by atoms with van der Waals surface area (Å²) >= 11 is 1.85. The minimum Gasteiger partial charge on any atom is -0.351 e. The highest BCUT2D eigenvalue weighted by Crippen LogP contribution is 2.33. The van der Waals surface area contributed by atoms with Gasteiger partial charge in [-0.3, -0.25) is 0 Å². The summed E-state index contributed by atoms with van der Waals surface area (Å²) in [6.45, 7) is 4.35. The van der Waals surface area contributed by atoms with Crippen LogP contribution in [0.4, 0.5) is 5.13 Å². The maximum atomic E-state index is 4.80. The number of aryl methyl sites for hydroxylation is 1. The van der Waals surface area contributed by atoms with E-state index in [-0.39, 0.29) is 0 Å². The first-order chi connectivity index (χ1) is 8.24. The first-order valence-corrected chi connectivity index (χ1v) is 7.40. The number of aromatic nitrogens is 1. The molecule has 0 unspecified atom stereocenters. The summed E-state index contributed by atoms with van der Waals surface area (Å²) in [5.41, 5.74) is 1.30. The zero-order chi connectivity index (χ0) is 12.3. The van der Waals surface area contributed by atoms with Gasteiger partial charge in [-0.05, 0) is 32.2 Å². The molecule has 1 aliphatic rings. The molecule has 1 aromatic heterocycles. The molecule has 3 nitrogen and oxygen atoms in total. The fourth-order valence-electron chi connectivity index (χ4n) is 2.03. The van der Waals surface area contributed by atoms with Gasteiger partial charge in [0.05, 0.1) is 5.69 Å². The van der Waals surface area contributed by atoms with Gasteiger partial charge in [-0.1, -0.05) is 13.3 Å². The van der Waals surface area contributed by atoms with Gasteiger partial charge in [0.1, 0.15) is 0 Å². The number of nitrogens with one attached hydrogen (secondary N) is 1. The van der Waals surface area contributed by atoms with E-state index in [4.69, 9.17) is 4.98 Å². The van der Waals surface area contributed by atoms with E-state index in [1.54, 1.807) is 0 Å². The number of anilines is 1. The highest BCUT2D eigenvalue weighted by atomic mass is 32.1. The van der Waals surface area contributed by atoms with Crippen LogP contribution in [0.2, 0.25) is 0 Å². The lowest BCUT2D eigenvalue weighted by molar-refractivity contribution is 0.775. The van der Waals surface area contributed by atoms with E-state index in [0.29, 0.717) is 0 Å². The Morgan fingerprint density at radius 2 is 2.24 bits per heavy atom. The van der Waals surface area contributed by atoms with E-state index in [0.717, 1.165) is 18.9 Å². The van der Waals surface area contributed by atoms with Crippen molar-refractivity contribution in [3.63, 3.8) is 0 Å². The third-order valence-corrected chi connectivity index (χ3v) is 4.36. The van der Waals surface area contributed by atoms with Crippen molar-refractivity contribution in [3.05, 3.63) is 10.6 Å². The van der Waals surface area contributed by atoms with Crippen LogP contribution in [-0.2, 0) is 13.0 Å². The van der Waals surface area contributed by atoms with E-state index in [9.17, 15) is 0 Å². The van der Waals surface area contributed by atoms with E-state index < -0.39 is 0 Å². The van der Waals surface area contributed by atoms with Gasteiger partial charge in [0.15, 0.2) is 5.13 Å². The molecule has 1 heterocycles. The Hall–Kier alpha value is -0.610. The lowest BCUT2D eigenvalue weighted by Crippen LogP contribution is -2.19. The second kappa shape index (κ2) is 5.83. The Morgan fingerprint density at radius 3 is 2.82 bits per heavy atom. The van der Waals surface area contributed by atoms with Gasteiger partial charge in [0.2, 0.25) is 0 Å². The normalized spacial score (nSPS) is 15.2. The number of rotatable bonds is 7. The first kappa shape index (κ1) is 12.8. The molecule has 4 heteroatoms.